The highest BCUT2D eigenvalue weighted by atomic mass is 16.2. The van der Waals surface area contributed by atoms with Gasteiger partial charge < -0.3 is 10.2 Å². The Labute approximate surface area is 146 Å². The Morgan fingerprint density at radius 3 is 2.68 bits per heavy atom. The van der Waals surface area contributed by atoms with Gasteiger partial charge in [-0.25, -0.2) is 4.98 Å². The standard InChI is InChI=1S/C18H21N5O2/c1-12-8-21-16(11-19-12)18(25)23-7-3-4-17(23)15-6-5-14(10-22-15)9-20-13(2)24/h5-6,8,10-11,17H,3-4,7,9H2,1-2H3,(H,20,24). The number of carbonyl (C=O) groups is 2. The number of hydrogen-bond donors (Lipinski definition) is 1. The monoisotopic (exact) mass is 339 g/mol. The molecule has 1 aliphatic rings. The topological polar surface area (TPSA) is 88.1 Å². The number of aryl methyl sites for hydroxylation is 1. The third-order valence-electron chi connectivity index (χ3n) is 4.24. The molecule has 3 heterocycles. The third kappa shape index (κ3) is 3.99. The predicted octanol–water partition coefficient (Wildman–Crippen LogP) is 1.79. The molecule has 1 unspecified atom stereocenters. The lowest BCUT2D eigenvalue weighted by Crippen LogP contribution is -2.31. The average molecular weight is 339 g/mol. The van der Waals surface area contributed by atoms with E-state index >= 15 is 0 Å². The Balaban J connectivity index is 1.73. The summed E-state index contributed by atoms with van der Waals surface area (Å²) in [5, 5.41) is 2.75. The van der Waals surface area contributed by atoms with Crippen LogP contribution in [0.4, 0.5) is 0 Å². The van der Waals surface area contributed by atoms with Gasteiger partial charge in [-0.1, -0.05) is 6.07 Å². The molecule has 0 spiro atoms. The number of hydrogen-bond acceptors (Lipinski definition) is 5. The van der Waals surface area contributed by atoms with Gasteiger partial charge in [0.25, 0.3) is 5.91 Å². The second-order valence-electron chi connectivity index (χ2n) is 6.20. The first-order valence-electron chi connectivity index (χ1n) is 8.33. The van der Waals surface area contributed by atoms with Crippen molar-refractivity contribution in [2.45, 2.75) is 39.3 Å². The summed E-state index contributed by atoms with van der Waals surface area (Å²) < 4.78 is 0. The zero-order valence-electron chi connectivity index (χ0n) is 14.4. The van der Waals surface area contributed by atoms with E-state index in [0.717, 1.165) is 29.8 Å². The maximum atomic E-state index is 12.7. The molecule has 0 aliphatic carbocycles. The summed E-state index contributed by atoms with van der Waals surface area (Å²) in [6, 6.07) is 3.81. The highest BCUT2D eigenvalue weighted by molar-refractivity contribution is 5.92. The van der Waals surface area contributed by atoms with Crippen molar-refractivity contribution in [1.29, 1.82) is 0 Å². The van der Waals surface area contributed by atoms with E-state index in [1.807, 2.05) is 24.0 Å². The molecular weight excluding hydrogens is 318 g/mol. The summed E-state index contributed by atoms with van der Waals surface area (Å²) in [6.45, 7) is 4.47. The van der Waals surface area contributed by atoms with Crippen LogP contribution in [0.2, 0.25) is 0 Å². The SMILES string of the molecule is CC(=O)NCc1ccc(C2CCCN2C(=O)c2cnc(C)cn2)nc1. The molecule has 0 bridgehead atoms. The number of aromatic nitrogens is 3. The lowest BCUT2D eigenvalue weighted by Gasteiger charge is -2.24. The van der Waals surface area contributed by atoms with Crippen molar-refractivity contribution in [3.8, 4) is 0 Å². The van der Waals surface area contributed by atoms with Gasteiger partial charge in [-0.2, -0.15) is 0 Å². The fraction of sp³-hybridized carbons (Fsp3) is 0.389. The fourth-order valence-corrected chi connectivity index (χ4v) is 2.93. The highest BCUT2D eigenvalue weighted by Gasteiger charge is 2.32. The first-order chi connectivity index (χ1) is 12.0. The summed E-state index contributed by atoms with van der Waals surface area (Å²) in [4.78, 5) is 38.4. The predicted molar refractivity (Wildman–Crippen MR) is 91.5 cm³/mol. The van der Waals surface area contributed by atoms with E-state index in [1.54, 1.807) is 12.4 Å². The van der Waals surface area contributed by atoms with Gasteiger partial charge in [0.05, 0.1) is 23.6 Å². The number of nitrogens with one attached hydrogen (secondary N) is 1. The van der Waals surface area contributed by atoms with Crippen LogP contribution < -0.4 is 5.32 Å². The molecule has 1 atom stereocenters. The van der Waals surface area contributed by atoms with E-state index in [0.29, 0.717) is 18.8 Å². The van der Waals surface area contributed by atoms with Gasteiger partial charge in [-0.3, -0.25) is 19.6 Å². The maximum absolute atomic E-state index is 12.7. The van der Waals surface area contributed by atoms with Crippen LogP contribution in [0.1, 0.15) is 53.2 Å². The van der Waals surface area contributed by atoms with Crippen LogP contribution in [0.5, 0.6) is 0 Å². The van der Waals surface area contributed by atoms with Gasteiger partial charge in [0, 0.05) is 32.4 Å². The first kappa shape index (κ1) is 17.0. The van der Waals surface area contributed by atoms with E-state index in [1.165, 1.54) is 13.1 Å². The summed E-state index contributed by atoms with van der Waals surface area (Å²) in [7, 11) is 0. The summed E-state index contributed by atoms with van der Waals surface area (Å²) >= 11 is 0. The van der Waals surface area contributed by atoms with Crippen LogP contribution in [-0.2, 0) is 11.3 Å². The van der Waals surface area contributed by atoms with Crippen LogP contribution >= 0.6 is 0 Å². The molecular formula is C18H21N5O2. The molecule has 25 heavy (non-hydrogen) atoms. The minimum Gasteiger partial charge on any atom is -0.352 e. The molecule has 130 valence electrons. The molecule has 0 aromatic carbocycles. The Morgan fingerprint density at radius 2 is 2.04 bits per heavy atom. The van der Waals surface area contributed by atoms with Crippen LogP contribution in [0.25, 0.3) is 0 Å². The van der Waals surface area contributed by atoms with Gasteiger partial charge >= 0.3 is 0 Å². The van der Waals surface area contributed by atoms with Crippen molar-refractivity contribution in [3.05, 3.63) is 53.4 Å². The molecule has 2 amide bonds. The summed E-state index contributed by atoms with van der Waals surface area (Å²) in [5.74, 6) is -0.185. The molecule has 1 saturated heterocycles. The Hall–Kier alpha value is -2.83. The number of pyridine rings is 1. The molecule has 0 radical (unpaired) electrons. The summed E-state index contributed by atoms with van der Waals surface area (Å²) in [6.07, 6.45) is 6.69. The zero-order valence-corrected chi connectivity index (χ0v) is 14.4. The van der Waals surface area contributed by atoms with Crippen LogP contribution in [-0.4, -0.2) is 38.2 Å². The normalized spacial score (nSPS) is 16.7. The van der Waals surface area contributed by atoms with Crippen LogP contribution in [0, 0.1) is 6.92 Å². The van der Waals surface area contributed by atoms with Gasteiger partial charge in [0.15, 0.2) is 0 Å². The molecule has 7 heteroatoms. The largest absolute Gasteiger partial charge is 0.352 e. The van der Waals surface area contributed by atoms with Gasteiger partial charge in [0.2, 0.25) is 5.91 Å². The Morgan fingerprint density at radius 1 is 1.20 bits per heavy atom. The molecule has 0 saturated carbocycles. The van der Waals surface area contributed by atoms with E-state index in [-0.39, 0.29) is 17.9 Å². The second-order valence-corrected chi connectivity index (χ2v) is 6.20. The second kappa shape index (κ2) is 7.38. The van der Waals surface area contributed by atoms with Gasteiger partial charge in [0.1, 0.15) is 5.69 Å². The molecule has 1 fully saturated rings. The van der Waals surface area contributed by atoms with E-state index in [9.17, 15) is 9.59 Å². The first-order valence-corrected chi connectivity index (χ1v) is 8.33. The van der Waals surface area contributed by atoms with Crippen molar-refractivity contribution in [2.75, 3.05) is 6.54 Å². The quantitative estimate of drug-likeness (QED) is 0.917. The Kier molecular flexibility index (Phi) is 5.02. The molecule has 1 N–H and O–H groups in total. The Bertz CT molecular complexity index is 758. The lowest BCUT2D eigenvalue weighted by atomic mass is 10.1. The van der Waals surface area contributed by atoms with Crippen molar-refractivity contribution >= 4 is 11.8 Å². The molecule has 3 rings (SSSR count). The van der Waals surface area contributed by atoms with Gasteiger partial charge in [-0.15, -0.1) is 0 Å². The average Bonchev–Trinajstić information content (AvgIpc) is 3.10. The number of carbonyl (C=O) groups excluding carboxylic acids is 2. The summed E-state index contributed by atoms with van der Waals surface area (Å²) in [5.41, 5.74) is 2.93. The minimum atomic E-state index is -0.112. The highest BCUT2D eigenvalue weighted by Crippen LogP contribution is 2.31. The molecule has 1 aliphatic heterocycles. The number of amides is 2. The minimum absolute atomic E-state index is 0.0505. The van der Waals surface area contributed by atoms with Crippen molar-refractivity contribution in [1.82, 2.24) is 25.2 Å². The zero-order chi connectivity index (χ0) is 17.8. The molecule has 7 nitrogen and oxygen atoms in total. The third-order valence-corrected chi connectivity index (χ3v) is 4.24. The van der Waals surface area contributed by atoms with E-state index in [4.69, 9.17) is 0 Å². The van der Waals surface area contributed by atoms with Gasteiger partial charge in [-0.05, 0) is 31.4 Å². The lowest BCUT2D eigenvalue weighted by molar-refractivity contribution is -0.119. The maximum Gasteiger partial charge on any atom is 0.274 e. The van der Waals surface area contributed by atoms with Crippen molar-refractivity contribution < 1.29 is 9.59 Å². The van der Waals surface area contributed by atoms with Crippen molar-refractivity contribution in [3.63, 3.8) is 0 Å². The molecule has 2 aromatic rings. The number of nitrogens with zero attached hydrogens (tertiary/aromatic N) is 4. The van der Waals surface area contributed by atoms with Crippen molar-refractivity contribution in [2.24, 2.45) is 0 Å². The van der Waals surface area contributed by atoms with E-state index in [2.05, 4.69) is 20.3 Å². The van der Waals surface area contributed by atoms with Crippen LogP contribution in [0.3, 0.4) is 0 Å². The smallest absolute Gasteiger partial charge is 0.274 e. The van der Waals surface area contributed by atoms with Crippen LogP contribution in [0.15, 0.2) is 30.7 Å². The molecule has 2 aromatic heterocycles. The number of rotatable bonds is 4. The number of likely N-dealkylation sites (tertiary alicyclic amines) is 1. The fourth-order valence-electron chi connectivity index (χ4n) is 2.93. The van der Waals surface area contributed by atoms with E-state index < -0.39 is 0 Å².